The van der Waals surface area contributed by atoms with E-state index in [1.54, 1.807) is 19.9 Å². The van der Waals surface area contributed by atoms with Gasteiger partial charge in [-0.3, -0.25) is 0 Å². The Morgan fingerprint density at radius 1 is 1.17 bits per heavy atom. The molecule has 3 nitrogen and oxygen atoms in total. The quantitative estimate of drug-likeness (QED) is 0.745. The van der Waals surface area contributed by atoms with Crippen molar-refractivity contribution in [3.63, 3.8) is 0 Å². The van der Waals surface area contributed by atoms with Crippen LogP contribution in [0.1, 0.15) is 17.0 Å². The third kappa shape index (κ3) is 2.48. The molecule has 2 heterocycles. The van der Waals surface area contributed by atoms with Gasteiger partial charge >= 0.3 is 6.18 Å². The molecule has 0 fully saturated rings. The van der Waals surface area contributed by atoms with Crippen molar-refractivity contribution < 1.29 is 13.2 Å². The van der Waals surface area contributed by atoms with Crippen molar-refractivity contribution in [2.75, 3.05) is 0 Å². The highest BCUT2D eigenvalue weighted by Gasteiger charge is 2.31. The van der Waals surface area contributed by atoms with Gasteiger partial charge in [-0.1, -0.05) is 11.6 Å². The predicted octanol–water partition coefficient (Wildman–Crippen LogP) is 3.56. The molecule has 0 aliphatic heterocycles. The van der Waals surface area contributed by atoms with E-state index < -0.39 is 11.7 Å². The number of rotatable bonds is 1. The average molecular weight is 276 g/mol. The lowest BCUT2D eigenvalue weighted by atomic mass is 10.2. The molecule has 0 atom stereocenters. The topological polar surface area (TPSA) is 30.7 Å². The van der Waals surface area contributed by atoms with Crippen LogP contribution in [0.3, 0.4) is 0 Å². The van der Waals surface area contributed by atoms with Crippen LogP contribution in [0.2, 0.25) is 5.15 Å². The molecule has 0 saturated heterocycles. The zero-order valence-electron chi connectivity index (χ0n) is 9.59. The smallest absolute Gasteiger partial charge is 0.219 e. The van der Waals surface area contributed by atoms with E-state index in [0.29, 0.717) is 11.4 Å². The van der Waals surface area contributed by atoms with Gasteiger partial charge in [0.1, 0.15) is 5.15 Å². The highest BCUT2D eigenvalue weighted by atomic mass is 35.5. The number of pyridine rings is 1. The van der Waals surface area contributed by atoms with Crippen LogP contribution >= 0.6 is 11.6 Å². The Kier molecular flexibility index (Phi) is 3.06. The van der Waals surface area contributed by atoms with Gasteiger partial charge in [-0.15, -0.1) is 0 Å². The molecule has 18 heavy (non-hydrogen) atoms. The zero-order valence-corrected chi connectivity index (χ0v) is 10.3. The molecule has 2 rings (SSSR count). The Morgan fingerprint density at radius 2 is 1.83 bits per heavy atom. The van der Waals surface area contributed by atoms with E-state index in [1.165, 1.54) is 4.68 Å². The van der Waals surface area contributed by atoms with Crippen molar-refractivity contribution in [1.82, 2.24) is 14.8 Å². The van der Waals surface area contributed by atoms with Crippen LogP contribution in [0, 0.1) is 13.8 Å². The number of aromatic nitrogens is 3. The van der Waals surface area contributed by atoms with Crippen LogP contribution in [0.25, 0.3) is 5.82 Å². The van der Waals surface area contributed by atoms with E-state index in [4.69, 9.17) is 11.6 Å². The Morgan fingerprint density at radius 3 is 2.33 bits per heavy atom. The van der Waals surface area contributed by atoms with Crippen molar-refractivity contribution in [2.45, 2.75) is 20.0 Å². The molecule has 0 N–H and O–H groups in total. The van der Waals surface area contributed by atoms with E-state index in [0.717, 1.165) is 12.1 Å². The Bertz CT molecular complexity index is 590. The van der Waals surface area contributed by atoms with E-state index in [-0.39, 0.29) is 11.0 Å². The lowest BCUT2D eigenvalue weighted by Crippen LogP contribution is -2.09. The number of alkyl halides is 3. The van der Waals surface area contributed by atoms with Gasteiger partial charge in [0, 0.05) is 5.69 Å². The summed E-state index contributed by atoms with van der Waals surface area (Å²) >= 11 is 5.61. The standard InChI is InChI=1S/C11H9ClF3N3/c1-6-3-7(2)18(17-6)10-5-8(11(13,14)15)4-9(12)16-10/h3-5H,1-2H3. The van der Waals surface area contributed by atoms with Gasteiger partial charge < -0.3 is 0 Å². The van der Waals surface area contributed by atoms with Crippen LogP contribution < -0.4 is 0 Å². The van der Waals surface area contributed by atoms with Crippen molar-refractivity contribution in [1.29, 1.82) is 0 Å². The summed E-state index contributed by atoms with van der Waals surface area (Å²) < 4.78 is 39.3. The van der Waals surface area contributed by atoms with Gasteiger partial charge in [0.05, 0.1) is 11.3 Å². The van der Waals surface area contributed by atoms with Crippen LogP contribution in [0.15, 0.2) is 18.2 Å². The highest BCUT2D eigenvalue weighted by Crippen LogP contribution is 2.31. The average Bonchev–Trinajstić information content (AvgIpc) is 2.55. The maximum absolute atomic E-state index is 12.7. The lowest BCUT2D eigenvalue weighted by molar-refractivity contribution is -0.137. The summed E-state index contributed by atoms with van der Waals surface area (Å²) in [6, 6.07) is 3.46. The molecule has 0 aliphatic carbocycles. The molecule has 0 saturated carbocycles. The molecule has 0 bridgehead atoms. The normalized spacial score (nSPS) is 11.9. The van der Waals surface area contributed by atoms with Crippen LogP contribution in [-0.2, 0) is 6.18 Å². The van der Waals surface area contributed by atoms with E-state index in [1.807, 2.05) is 0 Å². The SMILES string of the molecule is Cc1cc(C)n(-c2cc(C(F)(F)F)cc(Cl)n2)n1. The van der Waals surface area contributed by atoms with Gasteiger partial charge in [0.25, 0.3) is 0 Å². The number of nitrogens with zero attached hydrogens (tertiary/aromatic N) is 3. The molecular formula is C11H9ClF3N3. The zero-order chi connectivity index (χ0) is 13.5. The van der Waals surface area contributed by atoms with Gasteiger partial charge in [-0.05, 0) is 32.0 Å². The molecular weight excluding hydrogens is 267 g/mol. The summed E-state index contributed by atoms with van der Waals surface area (Å²) in [4.78, 5) is 3.86. The molecule has 96 valence electrons. The maximum Gasteiger partial charge on any atom is 0.416 e. The van der Waals surface area contributed by atoms with Crippen LogP contribution in [0.5, 0.6) is 0 Å². The first-order valence-corrected chi connectivity index (χ1v) is 5.43. The second kappa shape index (κ2) is 4.28. The fraction of sp³-hybridized carbons (Fsp3) is 0.273. The minimum Gasteiger partial charge on any atom is -0.219 e. The minimum atomic E-state index is -4.46. The van der Waals surface area contributed by atoms with E-state index in [9.17, 15) is 13.2 Å². The fourth-order valence-electron chi connectivity index (χ4n) is 1.62. The van der Waals surface area contributed by atoms with Gasteiger partial charge in [0.15, 0.2) is 5.82 Å². The number of halogens is 4. The third-order valence-electron chi connectivity index (χ3n) is 2.33. The monoisotopic (exact) mass is 275 g/mol. The first-order valence-electron chi connectivity index (χ1n) is 5.06. The first-order chi connectivity index (χ1) is 8.27. The summed E-state index contributed by atoms with van der Waals surface area (Å²) in [5, 5.41) is 3.86. The summed E-state index contributed by atoms with van der Waals surface area (Å²) in [6.45, 7) is 3.48. The van der Waals surface area contributed by atoms with Crippen LogP contribution in [-0.4, -0.2) is 14.8 Å². The van der Waals surface area contributed by atoms with Crippen molar-refractivity contribution in [3.05, 3.63) is 40.3 Å². The number of hydrogen-bond donors (Lipinski definition) is 0. The molecule has 0 amide bonds. The van der Waals surface area contributed by atoms with Gasteiger partial charge in [0.2, 0.25) is 0 Å². The highest BCUT2D eigenvalue weighted by molar-refractivity contribution is 6.29. The lowest BCUT2D eigenvalue weighted by Gasteiger charge is -2.10. The molecule has 0 unspecified atom stereocenters. The molecule has 0 radical (unpaired) electrons. The second-order valence-electron chi connectivity index (χ2n) is 3.87. The molecule has 0 spiro atoms. The van der Waals surface area contributed by atoms with E-state index in [2.05, 4.69) is 10.1 Å². The summed E-state index contributed by atoms with van der Waals surface area (Å²) in [5.41, 5.74) is 0.545. The molecule has 0 aliphatic rings. The van der Waals surface area contributed by atoms with Crippen molar-refractivity contribution >= 4 is 11.6 Å². The fourth-order valence-corrected chi connectivity index (χ4v) is 1.82. The van der Waals surface area contributed by atoms with E-state index >= 15 is 0 Å². The minimum absolute atomic E-state index is 0.0559. The number of aryl methyl sites for hydroxylation is 2. The molecule has 0 aromatic carbocycles. The largest absolute Gasteiger partial charge is 0.416 e. The molecule has 7 heteroatoms. The molecule has 2 aromatic heterocycles. The van der Waals surface area contributed by atoms with Crippen LogP contribution in [0.4, 0.5) is 13.2 Å². The van der Waals surface area contributed by atoms with Crippen molar-refractivity contribution in [3.8, 4) is 5.82 Å². The first kappa shape index (κ1) is 12.9. The number of hydrogen-bond acceptors (Lipinski definition) is 2. The molecule has 2 aromatic rings. The predicted molar refractivity (Wildman–Crippen MR) is 60.8 cm³/mol. The maximum atomic E-state index is 12.7. The Balaban J connectivity index is 2.59. The van der Waals surface area contributed by atoms with Gasteiger partial charge in [-0.25, -0.2) is 9.67 Å². The Labute approximate surface area is 106 Å². The summed E-state index contributed by atoms with van der Waals surface area (Å²) in [7, 11) is 0. The van der Waals surface area contributed by atoms with Gasteiger partial charge in [-0.2, -0.15) is 18.3 Å². The second-order valence-corrected chi connectivity index (χ2v) is 4.26. The Hall–Kier alpha value is -1.56. The van der Waals surface area contributed by atoms with Crippen molar-refractivity contribution in [2.24, 2.45) is 0 Å². The summed E-state index contributed by atoms with van der Waals surface area (Å²) in [6.07, 6.45) is -4.46. The third-order valence-corrected chi connectivity index (χ3v) is 2.53. The summed E-state index contributed by atoms with van der Waals surface area (Å²) in [5.74, 6) is 0.0559.